The number of ether oxygens (including phenoxy) is 1. The zero-order valence-electron chi connectivity index (χ0n) is 17.4. The van der Waals surface area contributed by atoms with Crippen LogP contribution in [0.1, 0.15) is 35.3 Å². The Kier molecular flexibility index (Phi) is 6.75. The van der Waals surface area contributed by atoms with Crippen LogP contribution < -0.4 is 10.2 Å². The number of carbonyl (C=O) groups is 2. The van der Waals surface area contributed by atoms with E-state index in [4.69, 9.17) is 4.74 Å². The van der Waals surface area contributed by atoms with Gasteiger partial charge in [0.1, 0.15) is 0 Å². The second-order valence-electron chi connectivity index (χ2n) is 7.11. The minimum absolute atomic E-state index is 0.193. The molecular weight excluding hydrogens is 366 g/mol. The first-order valence-corrected chi connectivity index (χ1v) is 10.2. The van der Waals surface area contributed by atoms with Gasteiger partial charge in [0.15, 0.2) is 0 Å². The van der Waals surface area contributed by atoms with Crippen molar-refractivity contribution in [3.63, 3.8) is 0 Å². The predicted molar refractivity (Wildman–Crippen MR) is 116 cm³/mol. The van der Waals surface area contributed by atoms with E-state index in [0.717, 1.165) is 19.5 Å². The van der Waals surface area contributed by atoms with Gasteiger partial charge in [-0.05, 0) is 43.5 Å². The van der Waals surface area contributed by atoms with Crippen LogP contribution >= 0.6 is 0 Å². The van der Waals surface area contributed by atoms with Crippen LogP contribution in [0.2, 0.25) is 0 Å². The van der Waals surface area contributed by atoms with Gasteiger partial charge in [-0.1, -0.05) is 37.3 Å². The van der Waals surface area contributed by atoms with Crippen molar-refractivity contribution in [2.75, 3.05) is 43.0 Å². The average molecular weight is 396 g/mol. The number of benzene rings is 2. The third-order valence-electron chi connectivity index (χ3n) is 5.25. The number of urea groups is 1. The highest BCUT2D eigenvalue weighted by Crippen LogP contribution is 2.27. The fourth-order valence-electron chi connectivity index (χ4n) is 3.76. The van der Waals surface area contributed by atoms with E-state index in [0.29, 0.717) is 30.9 Å². The van der Waals surface area contributed by atoms with Crippen LogP contribution in [0.25, 0.3) is 0 Å². The standard InChI is InChI=1S/C23H29N3O3/c1-4-18-10-8-9-17(3)21(18)25-13-15-26(16-14-25)23(28)24-20-12-7-6-11-19(20)22(27)29-5-2/h6-12H,4-5,13-16H2,1-3H3,(H,24,28). The lowest BCUT2D eigenvalue weighted by Crippen LogP contribution is -2.50. The van der Waals surface area contributed by atoms with E-state index >= 15 is 0 Å². The Labute approximate surface area is 172 Å². The molecule has 2 aromatic carbocycles. The van der Waals surface area contributed by atoms with E-state index in [1.165, 1.54) is 16.8 Å². The number of anilines is 2. The Morgan fingerprint density at radius 2 is 1.72 bits per heavy atom. The molecule has 1 fully saturated rings. The highest BCUT2D eigenvalue weighted by Gasteiger charge is 2.24. The monoisotopic (exact) mass is 395 g/mol. The van der Waals surface area contributed by atoms with Gasteiger partial charge in [-0.15, -0.1) is 0 Å². The van der Waals surface area contributed by atoms with E-state index in [9.17, 15) is 9.59 Å². The molecule has 1 heterocycles. The van der Waals surface area contributed by atoms with E-state index in [1.54, 1.807) is 36.1 Å². The molecule has 2 aromatic rings. The second-order valence-corrected chi connectivity index (χ2v) is 7.11. The molecule has 154 valence electrons. The van der Waals surface area contributed by atoms with Crippen molar-refractivity contribution >= 4 is 23.4 Å². The molecule has 2 amide bonds. The number of carbonyl (C=O) groups excluding carboxylic acids is 2. The molecular formula is C23H29N3O3. The third-order valence-corrected chi connectivity index (χ3v) is 5.25. The summed E-state index contributed by atoms with van der Waals surface area (Å²) in [6.07, 6.45) is 0.988. The van der Waals surface area contributed by atoms with E-state index in [2.05, 4.69) is 42.3 Å². The molecule has 0 unspecified atom stereocenters. The lowest BCUT2D eigenvalue weighted by Gasteiger charge is -2.37. The molecule has 0 atom stereocenters. The number of nitrogens with one attached hydrogen (secondary N) is 1. The summed E-state index contributed by atoms with van der Waals surface area (Å²) in [4.78, 5) is 29.1. The third kappa shape index (κ3) is 4.70. The summed E-state index contributed by atoms with van der Waals surface area (Å²) in [6, 6.07) is 13.2. The first-order valence-electron chi connectivity index (χ1n) is 10.2. The quantitative estimate of drug-likeness (QED) is 0.775. The normalized spacial score (nSPS) is 13.9. The Morgan fingerprint density at radius 1 is 1.00 bits per heavy atom. The number of esters is 1. The molecule has 0 saturated carbocycles. The van der Waals surface area contributed by atoms with E-state index < -0.39 is 5.97 Å². The van der Waals surface area contributed by atoms with Gasteiger partial charge in [0.05, 0.1) is 17.9 Å². The van der Waals surface area contributed by atoms with Gasteiger partial charge in [-0.3, -0.25) is 0 Å². The molecule has 1 N–H and O–H groups in total. The maximum Gasteiger partial charge on any atom is 0.340 e. The van der Waals surface area contributed by atoms with Gasteiger partial charge < -0.3 is 19.9 Å². The van der Waals surface area contributed by atoms with Crippen LogP contribution in [-0.2, 0) is 11.2 Å². The predicted octanol–water partition coefficient (Wildman–Crippen LogP) is 4.09. The number of hydrogen-bond acceptors (Lipinski definition) is 4. The SMILES string of the molecule is CCOC(=O)c1ccccc1NC(=O)N1CCN(c2c(C)cccc2CC)CC1. The Balaban J connectivity index is 1.65. The molecule has 0 spiro atoms. The van der Waals surface area contributed by atoms with Crippen LogP contribution in [0.4, 0.5) is 16.2 Å². The Hall–Kier alpha value is -3.02. The molecule has 1 saturated heterocycles. The van der Waals surface area contributed by atoms with Crippen molar-refractivity contribution in [3.05, 3.63) is 59.2 Å². The summed E-state index contributed by atoms with van der Waals surface area (Å²) in [5.41, 5.74) is 4.75. The summed E-state index contributed by atoms with van der Waals surface area (Å²) in [5, 5.41) is 2.88. The molecule has 3 rings (SSSR count). The summed E-state index contributed by atoms with van der Waals surface area (Å²) >= 11 is 0. The van der Waals surface area contributed by atoms with E-state index in [-0.39, 0.29) is 6.03 Å². The lowest BCUT2D eigenvalue weighted by atomic mass is 10.0. The van der Waals surface area contributed by atoms with Crippen molar-refractivity contribution in [2.45, 2.75) is 27.2 Å². The minimum Gasteiger partial charge on any atom is -0.462 e. The molecule has 6 nitrogen and oxygen atoms in total. The fourth-order valence-corrected chi connectivity index (χ4v) is 3.76. The molecule has 0 bridgehead atoms. The highest BCUT2D eigenvalue weighted by molar-refractivity contribution is 6.00. The summed E-state index contributed by atoms with van der Waals surface area (Å²) in [5.74, 6) is -0.431. The number of para-hydroxylation sites is 2. The summed E-state index contributed by atoms with van der Waals surface area (Å²) in [6.45, 7) is 9.19. The topological polar surface area (TPSA) is 61.9 Å². The minimum atomic E-state index is -0.431. The molecule has 1 aliphatic rings. The number of hydrogen-bond donors (Lipinski definition) is 1. The molecule has 0 aromatic heterocycles. The average Bonchev–Trinajstić information content (AvgIpc) is 2.74. The van der Waals surface area contributed by atoms with Crippen LogP contribution in [-0.4, -0.2) is 49.7 Å². The van der Waals surface area contributed by atoms with Crippen molar-refractivity contribution in [1.29, 1.82) is 0 Å². The Bertz CT molecular complexity index is 873. The molecule has 6 heteroatoms. The van der Waals surface area contributed by atoms with Gasteiger partial charge >= 0.3 is 12.0 Å². The number of piperazine rings is 1. The van der Waals surface area contributed by atoms with Crippen LogP contribution in [0, 0.1) is 6.92 Å². The van der Waals surface area contributed by atoms with Crippen molar-refractivity contribution in [3.8, 4) is 0 Å². The molecule has 0 radical (unpaired) electrons. The largest absolute Gasteiger partial charge is 0.462 e. The van der Waals surface area contributed by atoms with Gasteiger partial charge in [0, 0.05) is 31.9 Å². The van der Waals surface area contributed by atoms with Crippen LogP contribution in [0.15, 0.2) is 42.5 Å². The zero-order chi connectivity index (χ0) is 20.8. The van der Waals surface area contributed by atoms with Crippen LogP contribution in [0.3, 0.4) is 0 Å². The van der Waals surface area contributed by atoms with Crippen molar-refractivity contribution in [1.82, 2.24) is 4.90 Å². The summed E-state index contributed by atoms with van der Waals surface area (Å²) < 4.78 is 5.08. The molecule has 0 aliphatic carbocycles. The molecule has 1 aliphatic heterocycles. The first-order chi connectivity index (χ1) is 14.0. The van der Waals surface area contributed by atoms with Crippen LogP contribution in [0.5, 0.6) is 0 Å². The number of amides is 2. The van der Waals surface area contributed by atoms with E-state index in [1.807, 2.05) is 0 Å². The lowest BCUT2D eigenvalue weighted by molar-refractivity contribution is 0.0527. The fraction of sp³-hybridized carbons (Fsp3) is 0.391. The van der Waals surface area contributed by atoms with Gasteiger partial charge in [0.2, 0.25) is 0 Å². The Morgan fingerprint density at radius 3 is 2.41 bits per heavy atom. The highest BCUT2D eigenvalue weighted by atomic mass is 16.5. The molecule has 29 heavy (non-hydrogen) atoms. The first kappa shape index (κ1) is 20.7. The second kappa shape index (κ2) is 9.45. The van der Waals surface area contributed by atoms with Crippen molar-refractivity contribution in [2.24, 2.45) is 0 Å². The number of nitrogens with zero attached hydrogens (tertiary/aromatic N) is 2. The van der Waals surface area contributed by atoms with Crippen molar-refractivity contribution < 1.29 is 14.3 Å². The van der Waals surface area contributed by atoms with Gasteiger partial charge in [-0.25, -0.2) is 9.59 Å². The maximum absolute atomic E-state index is 12.8. The number of rotatable bonds is 5. The summed E-state index contributed by atoms with van der Waals surface area (Å²) in [7, 11) is 0. The maximum atomic E-state index is 12.8. The van der Waals surface area contributed by atoms with Gasteiger partial charge in [0.25, 0.3) is 0 Å². The van der Waals surface area contributed by atoms with Gasteiger partial charge in [-0.2, -0.15) is 0 Å². The smallest absolute Gasteiger partial charge is 0.340 e. The number of aryl methyl sites for hydroxylation is 2. The zero-order valence-corrected chi connectivity index (χ0v) is 17.4.